The summed E-state index contributed by atoms with van der Waals surface area (Å²) in [6.07, 6.45) is 0.588. The van der Waals surface area contributed by atoms with Crippen molar-refractivity contribution in [3.8, 4) is 0 Å². The predicted octanol–water partition coefficient (Wildman–Crippen LogP) is 1.56. The molecular formula is C11H14N2O2S. The molecule has 0 aliphatic carbocycles. The summed E-state index contributed by atoms with van der Waals surface area (Å²) in [7, 11) is 1.36. The number of hydrogen-bond donors (Lipinski definition) is 2. The zero-order valence-corrected chi connectivity index (χ0v) is 9.84. The first-order chi connectivity index (χ1) is 7.65. The molecule has 0 aliphatic heterocycles. The second kappa shape index (κ2) is 6.07. The van der Waals surface area contributed by atoms with Gasteiger partial charge in [0.2, 0.25) is 0 Å². The van der Waals surface area contributed by atoms with Crippen molar-refractivity contribution in [2.45, 2.75) is 6.42 Å². The van der Waals surface area contributed by atoms with Crippen LogP contribution in [-0.4, -0.2) is 24.6 Å². The molecule has 0 saturated heterocycles. The Kier molecular flexibility index (Phi) is 4.72. The highest BCUT2D eigenvalue weighted by molar-refractivity contribution is 7.80. The van der Waals surface area contributed by atoms with Gasteiger partial charge in [0, 0.05) is 18.7 Å². The Morgan fingerprint density at radius 2 is 2.19 bits per heavy atom. The van der Waals surface area contributed by atoms with E-state index in [4.69, 9.17) is 18.0 Å². The van der Waals surface area contributed by atoms with E-state index < -0.39 is 0 Å². The van der Waals surface area contributed by atoms with Gasteiger partial charge in [0.15, 0.2) is 0 Å². The van der Waals surface area contributed by atoms with Crippen molar-refractivity contribution in [2.75, 3.05) is 19.0 Å². The first kappa shape index (κ1) is 12.4. The highest BCUT2D eigenvalue weighted by Gasteiger charge is 2.09. The van der Waals surface area contributed by atoms with E-state index in [1.54, 1.807) is 12.1 Å². The highest BCUT2D eigenvalue weighted by atomic mass is 32.1. The number of hydrogen-bond acceptors (Lipinski definition) is 4. The van der Waals surface area contributed by atoms with Gasteiger partial charge in [-0.3, -0.25) is 0 Å². The minimum atomic E-state index is -0.363. The number of carbonyl (C=O) groups is 1. The van der Waals surface area contributed by atoms with Gasteiger partial charge in [-0.2, -0.15) is 0 Å². The maximum atomic E-state index is 11.4. The molecule has 0 amide bonds. The molecule has 3 N–H and O–H groups in total. The Hall–Kier alpha value is -1.62. The number of methoxy groups -OCH3 is 1. The number of carbonyl (C=O) groups excluding carboxylic acids is 1. The van der Waals surface area contributed by atoms with Gasteiger partial charge < -0.3 is 15.8 Å². The number of para-hydroxylation sites is 1. The van der Waals surface area contributed by atoms with Crippen LogP contribution in [0, 0.1) is 0 Å². The van der Waals surface area contributed by atoms with Crippen LogP contribution in [0.2, 0.25) is 0 Å². The topological polar surface area (TPSA) is 64.3 Å². The van der Waals surface area contributed by atoms with Crippen LogP contribution in [0.3, 0.4) is 0 Å². The standard InChI is InChI=1S/C11H14N2O2S/c1-15-11(14)8-4-2-3-5-9(8)13-7-6-10(12)16/h2-5,13H,6-7H2,1H3,(H2,12,16). The summed E-state index contributed by atoms with van der Waals surface area (Å²) in [6.45, 7) is 0.601. The van der Waals surface area contributed by atoms with Gasteiger partial charge in [0.1, 0.15) is 0 Å². The maximum Gasteiger partial charge on any atom is 0.339 e. The number of benzene rings is 1. The number of rotatable bonds is 5. The molecule has 86 valence electrons. The van der Waals surface area contributed by atoms with Crippen LogP contribution < -0.4 is 11.1 Å². The van der Waals surface area contributed by atoms with E-state index in [9.17, 15) is 4.79 Å². The third-order valence-corrected chi connectivity index (χ3v) is 2.22. The number of thiocarbonyl (C=S) groups is 1. The molecule has 0 unspecified atom stereocenters. The summed E-state index contributed by atoms with van der Waals surface area (Å²) >= 11 is 4.76. The monoisotopic (exact) mass is 238 g/mol. The summed E-state index contributed by atoms with van der Waals surface area (Å²) in [5, 5.41) is 3.09. The summed E-state index contributed by atoms with van der Waals surface area (Å²) < 4.78 is 4.67. The lowest BCUT2D eigenvalue weighted by Gasteiger charge is -2.09. The van der Waals surface area contributed by atoms with E-state index in [2.05, 4.69) is 10.1 Å². The van der Waals surface area contributed by atoms with Gasteiger partial charge >= 0.3 is 5.97 Å². The van der Waals surface area contributed by atoms with Crippen molar-refractivity contribution in [3.05, 3.63) is 29.8 Å². The maximum absolute atomic E-state index is 11.4. The fraction of sp³-hybridized carbons (Fsp3) is 0.273. The molecule has 0 heterocycles. The van der Waals surface area contributed by atoms with E-state index in [1.807, 2.05) is 12.1 Å². The highest BCUT2D eigenvalue weighted by Crippen LogP contribution is 2.15. The lowest BCUT2D eigenvalue weighted by molar-refractivity contribution is 0.0602. The zero-order chi connectivity index (χ0) is 12.0. The van der Waals surface area contributed by atoms with Crippen LogP contribution in [-0.2, 0) is 4.74 Å². The van der Waals surface area contributed by atoms with Crippen molar-refractivity contribution >= 4 is 28.9 Å². The third-order valence-electron chi connectivity index (χ3n) is 2.02. The van der Waals surface area contributed by atoms with Gasteiger partial charge in [-0.1, -0.05) is 24.4 Å². The Morgan fingerprint density at radius 3 is 2.81 bits per heavy atom. The summed E-state index contributed by atoms with van der Waals surface area (Å²) in [4.78, 5) is 11.9. The van der Waals surface area contributed by atoms with E-state index in [0.717, 1.165) is 5.69 Å². The second-order valence-electron chi connectivity index (χ2n) is 3.18. The van der Waals surface area contributed by atoms with Crippen LogP contribution in [0.15, 0.2) is 24.3 Å². The summed E-state index contributed by atoms with van der Waals surface area (Å²) in [6, 6.07) is 7.14. The molecule has 0 aliphatic rings. The smallest absolute Gasteiger partial charge is 0.339 e. The molecular weight excluding hydrogens is 224 g/mol. The molecule has 0 aromatic heterocycles. The van der Waals surface area contributed by atoms with Gasteiger partial charge in [0.25, 0.3) is 0 Å². The Labute approximate surface area is 99.8 Å². The van der Waals surface area contributed by atoms with Gasteiger partial charge in [-0.25, -0.2) is 4.79 Å². The second-order valence-corrected chi connectivity index (χ2v) is 3.70. The van der Waals surface area contributed by atoms with E-state index in [1.165, 1.54) is 7.11 Å². The fourth-order valence-corrected chi connectivity index (χ4v) is 1.35. The van der Waals surface area contributed by atoms with Crippen molar-refractivity contribution < 1.29 is 9.53 Å². The molecule has 4 nitrogen and oxygen atoms in total. The van der Waals surface area contributed by atoms with Crippen LogP contribution >= 0.6 is 12.2 Å². The Bertz CT molecular complexity index is 393. The van der Waals surface area contributed by atoms with Gasteiger partial charge in [-0.05, 0) is 12.1 Å². The molecule has 1 rings (SSSR count). The zero-order valence-electron chi connectivity index (χ0n) is 9.03. The summed E-state index contributed by atoms with van der Waals surface area (Å²) in [5.41, 5.74) is 6.62. The molecule has 5 heteroatoms. The molecule has 0 bridgehead atoms. The SMILES string of the molecule is COC(=O)c1ccccc1NCCC(N)=S. The Balaban J connectivity index is 2.71. The number of anilines is 1. The van der Waals surface area contributed by atoms with Gasteiger partial charge in [-0.15, -0.1) is 0 Å². The van der Waals surface area contributed by atoms with Crippen molar-refractivity contribution in [1.29, 1.82) is 0 Å². The number of nitrogens with two attached hydrogens (primary N) is 1. The number of esters is 1. The van der Waals surface area contributed by atoms with Gasteiger partial charge in [0.05, 0.1) is 17.7 Å². The summed E-state index contributed by atoms with van der Waals surface area (Å²) in [5.74, 6) is -0.363. The van der Waals surface area contributed by atoms with Crippen molar-refractivity contribution in [3.63, 3.8) is 0 Å². The fourth-order valence-electron chi connectivity index (χ4n) is 1.25. The first-order valence-electron chi connectivity index (χ1n) is 4.84. The lowest BCUT2D eigenvalue weighted by Crippen LogP contribution is -2.15. The quantitative estimate of drug-likeness (QED) is 0.602. The molecule has 0 spiro atoms. The Morgan fingerprint density at radius 1 is 1.50 bits per heavy atom. The van der Waals surface area contributed by atoms with E-state index in [0.29, 0.717) is 23.5 Å². The van der Waals surface area contributed by atoms with E-state index in [-0.39, 0.29) is 5.97 Å². The van der Waals surface area contributed by atoms with Crippen LogP contribution in [0.25, 0.3) is 0 Å². The number of ether oxygens (including phenoxy) is 1. The van der Waals surface area contributed by atoms with E-state index >= 15 is 0 Å². The van der Waals surface area contributed by atoms with Crippen molar-refractivity contribution in [2.24, 2.45) is 5.73 Å². The lowest BCUT2D eigenvalue weighted by atomic mass is 10.2. The average Bonchev–Trinajstić information content (AvgIpc) is 2.28. The third kappa shape index (κ3) is 3.51. The molecule has 0 radical (unpaired) electrons. The minimum absolute atomic E-state index is 0.363. The predicted molar refractivity (Wildman–Crippen MR) is 67.7 cm³/mol. The van der Waals surface area contributed by atoms with Crippen LogP contribution in [0.1, 0.15) is 16.8 Å². The van der Waals surface area contributed by atoms with Crippen molar-refractivity contribution in [1.82, 2.24) is 0 Å². The molecule has 0 fully saturated rings. The molecule has 16 heavy (non-hydrogen) atoms. The molecule has 1 aromatic carbocycles. The van der Waals surface area contributed by atoms with Crippen LogP contribution in [0.5, 0.6) is 0 Å². The molecule has 1 aromatic rings. The van der Waals surface area contributed by atoms with Crippen LogP contribution in [0.4, 0.5) is 5.69 Å². The molecule has 0 saturated carbocycles. The normalized spacial score (nSPS) is 9.56. The average molecular weight is 238 g/mol. The number of nitrogens with one attached hydrogen (secondary N) is 1. The first-order valence-corrected chi connectivity index (χ1v) is 5.25. The largest absolute Gasteiger partial charge is 0.465 e. The molecule has 0 atom stereocenters. The minimum Gasteiger partial charge on any atom is -0.465 e.